The molecule has 0 spiro atoms. The van der Waals surface area contributed by atoms with Crippen molar-refractivity contribution in [1.29, 1.82) is 0 Å². The maximum atomic E-state index is 13.3. The van der Waals surface area contributed by atoms with Crippen LogP contribution in [-0.4, -0.2) is 29.7 Å². The van der Waals surface area contributed by atoms with Crippen LogP contribution >= 0.6 is 11.8 Å². The molecule has 0 atom stereocenters. The van der Waals surface area contributed by atoms with Crippen LogP contribution in [0.1, 0.15) is 30.8 Å². The van der Waals surface area contributed by atoms with E-state index in [1.54, 1.807) is 12.1 Å². The Labute approximate surface area is 157 Å². The molecule has 0 fully saturated rings. The molecule has 0 bridgehead atoms. The van der Waals surface area contributed by atoms with Crippen LogP contribution < -0.4 is 0 Å². The third-order valence-corrected chi connectivity index (χ3v) is 5.11. The minimum atomic E-state index is -4.57. The zero-order valence-corrected chi connectivity index (χ0v) is 15.0. The lowest BCUT2D eigenvalue weighted by Crippen LogP contribution is -2.10. The average molecular weight is 392 g/mol. The molecule has 1 aliphatic rings. The highest BCUT2D eigenvalue weighted by atomic mass is 32.2. The molecule has 0 N–H and O–H groups in total. The van der Waals surface area contributed by atoms with E-state index < -0.39 is 11.9 Å². The molecule has 3 aromatic rings. The average Bonchev–Trinajstić information content (AvgIpc) is 2.88. The van der Waals surface area contributed by atoms with E-state index in [1.807, 2.05) is 4.57 Å². The van der Waals surface area contributed by atoms with Crippen molar-refractivity contribution < 1.29 is 13.2 Å². The molecule has 140 valence electrons. The van der Waals surface area contributed by atoms with Gasteiger partial charge in [-0.1, -0.05) is 6.42 Å². The largest absolute Gasteiger partial charge is 0.433 e. The number of hydrogen-bond donors (Lipinski definition) is 0. The Morgan fingerprint density at radius 2 is 1.81 bits per heavy atom. The van der Waals surface area contributed by atoms with E-state index in [0.29, 0.717) is 10.7 Å². The van der Waals surface area contributed by atoms with E-state index >= 15 is 0 Å². The van der Waals surface area contributed by atoms with E-state index in [4.69, 9.17) is 0 Å². The summed E-state index contributed by atoms with van der Waals surface area (Å²) in [7, 11) is 0. The number of pyridine rings is 1. The zero-order chi connectivity index (χ0) is 18.9. The highest BCUT2D eigenvalue weighted by molar-refractivity contribution is 7.99. The van der Waals surface area contributed by atoms with Gasteiger partial charge in [-0.2, -0.15) is 13.2 Å². The van der Waals surface area contributed by atoms with Gasteiger partial charge in [0.1, 0.15) is 16.5 Å². The molecule has 1 aliphatic heterocycles. The highest BCUT2D eigenvalue weighted by Crippen LogP contribution is 2.34. The topological polar surface area (TPSA) is 69.4 Å². The number of rotatable bonds is 3. The van der Waals surface area contributed by atoms with Crippen LogP contribution in [0, 0.1) is 0 Å². The number of halogens is 3. The third kappa shape index (κ3) is 3.95. The van der Waals surface area contributed by atoms with Gasteiger partial charge < -0.3 is 4.57 Å². The Bertz CT molecular complexity index is 942. The number of hydrogen-bond acceptors (Lipinski definition) is 6. The van der Waals surface area contributed by atoms with Crippen molar-refractivity contribution in [3.05, 3.63) is 42.1 Å². The van der Waals surface area contributed by atoms with Gasteiger partial charge in [0.25, 0.3) is 0 Å². The van der Waals surface area contributed by atoms with Crippen LogP contribution in [0.5, 0.6) is 0 Å². The summed E-state index contributed by atoms with van der Waals surface area (Å²) in [6, 6.07) is 4.10. The van der Waals surface area contributed by atoms with Crippen molar-refractivity contribution in [3.8, 4) is 11.4 Å². The van der Waals surface area contributed by atoms with Gasteiger partial charge in [-0.25, -0.2) is 9.97 Å². The van der Waals surface area contributed by atoms with Crippen molar-refractivity contribution >= 4 is 11.8 Å². The van der Waals surface area contributed by atoms with Gasteiger partial charge in [0, 0.05) is 37.0 Å². The van der Waals surface area contributed by atoms with Crippen LogP contribution in [0.4, 0.5) is 13.2 Å². The summed E-state index contributed by atoms with van der Waals surface area (Å²) in [4.78, 5) is 11.9. The second-order valence-corrected chi connectivity index (χ2v) is 7.10. The number of aryl methyl sites for hydroxylation is 1. The molecule has 6 nitrogen and oxygen atoms in total. The van der Waals surface area contributed by atoms with E-state index in [0.717, 1.165) is 55.9 Å². The number of aromatic nitrogens is 6. The maximum Gasteiger partial charge on any atom is 0.433 e. The first kappa shape index (κ1) is 17.9. The lowest BCUT2D eigenvalue weighted by atomic mass is 10.2. The van der Waals surface area contributed by atoms with Crippen LogP contribution in [0.3, 0.4) is 0 Å². The van der Waals surface area contributed by atoms with Gasteiger partial charge in [-0.3, -0.25) is 4.98 Å². The predicted octanol–water partition coefficient (Wildman–Crippen LogP) is 4.03. The molecule has 3 aromatic heterocycles. The zero-order valence-electron chi connectivity index (χ0n) is 14.1. The van der Waals surface area contributed by atoms with Crippen LogP contribution in [0.2, 0.25) is 0 Å². The predicted molar refractivity (Wildman–Crippen MR) is 92.0 cm³/mol. The second-order valence-electron chi connectivity index (χ2n) is 6.11. The van der Waals surface area contributed by atoms with E-state index in [-0.39, 0.29) is 10.9 Å². The normalized spacial score (nSPS) is 14.6. The molecule has 0 saturated carbocycles. The molecular formula is C17H15F3N6S. The monoisotopic (exact) mass is 392 g/mol. The molecule has 0 saturated heterocycles. The SMILES string of the molecule is FC(F)(F)c1cc(Sc2nnc3n2CCCCC3)nc(-c2ccncc2)n1. The molecule has 10 heteroatoms. The van der Waals surface area contributed by atoms with Gasteiger partial charge in [0.2, 0.25) is 0 Å². The molecule has 0 aromatic carbocycles. The fourth-order valence-corrected chi connectivity index (χ4v) is 3.76. The van der Waals surface area contributed by atoms with Gasteiger partial charge in [0.05, 0.1) is 0 Å². The van der Waals surface area contributed by atoms with Crippen LogP contribution in [0.15, 0.2) is 40.8 Å². The third-order valence-electron chi connectivity index (χ3n) is 4.20. The van der Waals surface area contributed by atoms with Crippen LogP contribution in [0.25, 0.3) is 11.4 Å². The van der Waals surface area contributed by atoms with Gasteiger partial charge >= 0.3 is 6.18 Å². The summed E-state index contributed by atoms with van der Waals surface area (Å²) in [5.41, 5.74) is -0.513. The minimum absolute atomic E-state index is 0.00494. The van der Waals surface area contributed by atoms with E-state index in [9.17, 15) is 13.2 Å². The Hall–Kier alpha value is -2.49. The first-order valence-corrected chi connectivity index (χ1v) is 9.29. The minimum Gasteiger partial charge on any atom is -0.306 e. The quantitative estimate of drug-likeness (QED) is 0.627. The summed E-state index contributed by atoms with van der Waals surface area (Å²) in [6.45, 7) is 0.763. The van der Waals surface area contributed by atoms with Gasteiger partial charge in [-0.05, 0) is 36.7 Å². The Morgan fingerprint density at radius 1 is 1.00 bits per heavy atom. The van der Waals surface area contributed by atoms with Crippen LogP contribution in [-0.2, 0) is 19.1 Å². The van der Waals surface area contributed by atoms with Crippen molar-refractivity contribution in [2.45, 2.75) is 48.6 Å². The molecular weight excluding hydrogens is 377 g/mol. The number of nitrogens with zero attached hydrogens (tertiary/aromatic N) is 6. The summed E-state index contributed by atoms with van der Waals surface area (Å²) in [5.74, 6) is 0.875. The van der Waals surface area contributed by atoms with E-state index in [1.165, 1.54) is 12.4 Å². The smallest absolute Gasteiger partial charge is 0.306 e. The van der Waals surface area contributed by atoms with Gasteiger partial charge in [0.15, 0.2) is 11.0 Å². The summed E-state index contributed by atoms with van der Waals surface area (Å²) in [6.07, 6.45) is 2.38. The highest BCUT2D eigenvalue weighted by Gasteiger charge is 2.34. The number of alkyl halides is 3. The van der Waals surface area contributed by atoms with Crippen molar-refractivity contribution in [1.82, 2.24) is 29.7 Å². The second kappa shape index (κ2) is 7.26. The molecule has 4 rings (SSSR count). The lowest BCUT2D eigenvalue weighted by molar-refractivity contribution is -0.141. The summed E-state index contributed by atoms with van der Waals surface area (Å²) >= 11 is 1.08. The van der Waals surface area contributed by atoms with Crippen molar-refractivity contribution in [2.75, 3.05) is 0 Å². The maximum absolute atomic E-state index is 13.3. The Kier molecular flexibility index (Phi) is 4.81. The standard InChI is InChI=1S/C17H15F3N6S/c18-17(19,20)12-10-14(23-15(22-12)11-5-7-21-8-6-11)27-16-25-24-13-4-2-1-3-9-26(13)16/h5-8,10H,1-4,9H2. The lowest BCUT2D eigenvalue weighted by Gasteiger charge is -2.11. The summed E-state index contributed by atoms with van der Waals surface area (Å²) in [5, 5.41) is 9.08. The Balaban J connectivity index is 1.73. The fourth-order valence-electron chi connectivity index (χ4n) is 2.88. The molecule has 0 unspecified atom stereocenters. The molecule has 0 amide bonds. The molecule has 0 radical (unpaired) electrons. The fraction of sp³-hybridized carbons (Fsp3) is 0.353. The molecule has 27 heavy (non-hydrogen) atoms. The molecule has 4 heterocycles. The first-order valence-electron chi connectivity index (χ1n) is 8.47. The summed E-state index contributed by atoms with van der Waals surface area (Å²) < 4.78 is 41.9. The number of fused-ring (bicyclic) bond motifs is 1. The van der Waals surface area contributed by atoms with E-state index in [2.05, 4.69) is 25.1 Å². The first-order chi connectivity index (χ1) is 13.0. The van der Waals surface area contributed by atoms with Gasteiger partial charge in [-0.15, -0.1) is 10.2 Å². The molecule has 0 aliphatic carbocycles. The van der Waals surface area contributed by atoms with Crippen molar-refractivity contribution in [3.63, 3.8) is 0 Å². The Morgan fingerprint density at radius 3 is 2.59 bits per heavy atom. The van der Waals surface area contributed by atoms with Crippen molar-refractivity contribution in [2.24, 2.45) is 0 Å².